The molecule has 0 saturated carbocycles. The van der Waals surface area contributed by atoms with Gasteiger partial charge in [0.1, 0.15) is 17.4 Å². The number of anilines is 1. The predicted octanol–water partition coefficient (Wildman–Crippen LogP) is 2.35. The zero-order valence-electron chi connectivity index (χ0n) is 15.7. The number of imide groups is 1. The van der Waals surface area contributed by atoms with E-state index < -0.39 is 35.2 Å². The number of carbonyl (C=O) groups is 3. The highest BCUT2D eigenvalue weighted by Gasteiger charge is 2.52. The van der Waals surface area contributed by atoms with Crippen LogP contribution in [0.2, 0.25) is 0 Å². The second-order valence-electron chi connectivity index (χ2n) is 6.97. The van der Waals surface area contributed by atoms with Crippen molar-refractivity contribution in [2.75, 3.05) is 12.1 Å². The molecule has 150 valence electrons. The fourth-order valence-corrected chi connectivity index (χ4v) is 3.31. The third-order valence-electron chi connectivity index (χ3n) is 5.05. The molecule has 2 aromatic carbocycles. The van der Waals surface area contributed by atoms with Crippen molar-refractivity contribution in [1.82, 2.24) is 10.2 Å². The second-order valence-corrected chi connectivity index (χ2v) is 6.97. The molecule has 2 aromatic rings. The van der Waals surface area contributed by atoms with Crippen LogP contribution in [-0.4, -0.2) is 35.6 Å². The Labute approximate surface area is 165 Å². The van der Waals surface area contributed by atoms with Crippen LogP contribution in [0, 0.1) is 5.82 Å². The number of hydrogen-bond acceptors (Lipinski definition) is 5. The van der Waals surface area contributed by atoms with Crippen molar-refractivity contribution in [1.29, 1.82) is 0 Å². The third kappa shape index (κ3) is 3.14. The van der Waals surface area contributed by atoms with Gasteiger partial charge in [0.25, 0.3) is 5.91 Å². The Balaban J connectivity index is 1.55. The van der Waals surface area contributed by atoms with Gasteiger partial charge in [-0.3, -0.25) is 9.59 Å². The summed E-state index contributed by atoms with van der Waals surface area (Å²) in [4.78, 5) is 39.1. The first-order chi connectivity index (χ1) is 13.8. The zero-order valence-corrected chi connectivity index (χ0v) is 15.7. The Morgan fingerprint density at radius 3 is 2.59 bits per heavy atom. The van der Waals surface area contributed by atoms with E-state index in [1.54, 1.807) is 25.1 Å². The van der Waals surface area contributed by atoms with Crippen LogP contribution < -0.4 is 20.1 Å². The van der Waals surface area contributed by atoms with Crippen molar-refractivity contribution < 1.29 is 28.2 Å². The van der Waals surface area contributed by atoms with Crippen molar-refractivity contribution in [3.05, 3.63) is 53.8 Å². The molecule has 0 spiro atoms. The first kappa shape index (κ1) is 18.7. The molecule has 8 nitrogen and oxygen atoms in total. The molecule has 9 heteroatoms. The molecule has 1 saturated heterocycles. The smallest absolute Gasteiger partial charge is 0.326 e. The average molecular weight is 399 g/mol. The van der Waals surface area contributed by atoms with E-state index in [2.05, 4.69) is 10.6 Å². The van der Waals surface area contributed by atoms with E-state index in [9.17, 15) is 18.8 Å². The fourth-order valence-electron chi connectivity index (χ4n) is 3.31. The van der Waals surface area contributed by atoms with E-state index in [0.29, 0.717) is 22.7 Å². The number of urea groups is 1. The lowest BCUT2D eigenvalue weighted by Crippen LogP contribution is -2.47. The zero-order chi connectivity index (χ0) is 20.8. The van der Waals surface area contributed by atoms with Crippen LogP contribution in [0.5, 0.6) is 11.5 Å². The van der Waals surface area contributed by atoms with Crippen LogP contribution >= 0.6 is 0 Å². The highest BCUT2D eigenvalue weighted by Crippen LogP contribution is 2.38. The van der Waals surface area contributed by atoms with Crippen molar-refractivity contribution in [3.8, 4) is 11.5 Å². The maximum atomic E-state index is 13.1. The number of hydrogen-bond donors (Lipinski definition) is 2. The second kappa shape index (κ2) is 6.77. The molecule has 2 N–H and O–H groups in total. The molecule has 1 fully saturated rings. The number of nitrogens with zero attached hydrogens (tertiary/aromatic N) is 1. The highest BCUT2D eigenvalue weighted by atomic mass is 19.1. The highest BCUT2D eigenvalue weighted by molar-refractivity contribution is 6.11. The van der Waals surface area contributed by atoms with Gasteiger partial charge in [0.15, 0.2) is 11.5 Å². The summed E-state index contributed by atoms with van der Waals surface area (Å²) in [5, 5.41) is 5.23. The minimum Gasteiger partial charge on any atom is -0.454 e. The Morgan fingerprint density at radius 2 is 1.86 bits per heavy atom. The lowest BCUT2D eigenvalue weighted by atomic mass is 9.91. The summed E-state index contributed by atoms with van der Waals surface area (Å²) in [6.07, 6.45) is 0. The molecular weight excluding hydrogens is 381 g/mol. The van der Waals surface area contributed by atoms with Crippen LogP contribution in [0.3, 0.4) is 0 Å². The number of nitrogens with one attached hydrogen (secondary N) is 2. The molecule has 2 aliphatic heterocycles. The molecule has 0 radical (unpaired) electrons. The number of fused-ring (bicyclic) bond motifs is 1. The van der Waals surface area contributed by atoms with Crippen LogP contribution in [-0.2, 0) is 15.1 Å². The van der Waals surface area contributed by atoms with Crippen LogP contribution in [0.1, 0.15) is 19.4 Å². The number of rotatable bonds is 4. The predicted molar refractivity (Wildman–Crippen MR) is 99.8 cm³/mol. The van der Waals surface area contributed by atoms with Gasteiger partial charge >= 0.3 is 6.03 Å². The van der Waals surface area contributed by atoms with E-state index >= 15 is 0 Å². The van der Waals surface area contributed by atoms with Crippen molar-refractivity contribution in [3.63, 3.8) is 0 Å². The Hall–Kier alpha value is -3.62. The van der Waals surface area contributed by atoms with Gasteiger partial charge in [-0.15, -0.1) is 0 Å². The van der Waals surface area contributed by atoms with E-state index in [1.165, 1.54) is 31.2 Å². The van der Waals surface area contributed by atoms with Gasteiger partial charge in [-0.2, -0.15) is 0 Å². The fraction of sp³-hybridized carbons (Fsp3) is 0.250. The summed E-state index contributed by atoms with van der Waals surface area (Å²) in [5.74, 6) is -0.549. The summed E-state index contributed by atoms with van der Waals surface area (Å²) in [6.45, 7) is 3.10. The van der Waals surface area contributed by atoms with E-state index in [0.717, 1.165) is 4.90 Å². The lowest BCUT2D eigenvalue weighted by Gasteiger charge is -2.24. The van der Waals surface area contributed by atoms with E-state index in [-0.39, 0.29) is 6.79 Å². The molecule has 4 amide bonds. The van der Waals surface area contributed by atoms with Crippen molar-refractivity contribution >= 4 is 23.5 Å². The minimum atomic E-state index is -1.36. The number of ether oxygens (including phenoxy) is 2. The SMILES string of the molecule is C[C@@H](C(=O)Nc1ccc(F)cc1)N1C(=O)N[C@@](C)(c2ccc3c(c2)OCO3)C1=O. The van der Waals surface area contributed by atoms with Gasteiger partial charge in [-0.1, -0.05) is 6.07 Å². The largest absolute Gasteiger partial charge is 0.454 e. The molecule has 2 atom stereocenters. The maximum Gasteiger partial charge on any atom is 0.326 e. The van der Waals surface area contributed by atoms with Crippen molar-refractivity contribution in [2.24, 2.45) is 0 Å². The van der Waals surface area contributed by atoms with Crippen LogP contribution in [0.25, 0.3) is 0 Å². The van der Waals surface area contributed by atoms with Gasteiger partial charge in [0.05, 0.1) is 0 Å². The first-order valence-corrected chi connectivity index (χ1v) is 8.92. The van der Waals surface area contributed by atoms with Gasteiger partial charge in [-0.25, -0.2) is 14.1 Å². The average Bonchev–Trinajstić information content (AvgIpc) is 3.25. The van der Waals surface area contributed by atoms with Gasteiger partial charge in [0.2, 0.25) is 12.7 Å². The molecular formula is C20H18FN3O5. The normalized spacial score (nSPS) is 21.1. The number of halogens is 1. The number of carbonyl (C=O) groups excluding carboxylic acids is 3. The lowest BCUT2D eigenvalue weighted by molar-refractivity contribution is -0.136. The quantitative estimate of drug-likeness (QED) is 0.770. The maximum absolute atomic E-state index is 13.1. The van der Waals surface area contributed by atoms with Crippen LogP contribution in [0.15, 0.2) is 42.5 Å². The molecule has 4 rings (SSSR count). The molecule has 2 aliphatic rings. The first-order valence-electron chi connectivity index (χ1n) is 8.92. The summed E-state index contributed by atoms with van der Waals surface area (Å²) >= 11 is 0. The summed E-state index contributed by atoms with van der Waals surface area (Å²) < 4.78 is 23.6. The van der Waals surface area contributed by atoms with E-state index in [1.807, 2.05) is 0 Å². The summed E-state index contributed by atoms with van der Waals surface area (Å²) in [7, 11) is 0. The molecule has 0 aliphatic carbocycles. The molecule has 29 heavy (non-hydrogen) atoms. The molecule has 0 bridgehead atoms. The standard InChI is InChI=1S/C20H18FN3O5/c1-11(17(25)22-14-6-4-13(21)5-7-14)24-18(26)20(2,23-19(24)27)12-3-8-15-16(9-12)29-10-28-15/h3-9,11H,10H2,1-2H3,(H,22,25)(H,23,27)/t11-,20-/m0/s1. The minimum absolute atomic E-state index is 0.0858. The van der Waals surface area contributed by atoms with Crippen molar-refractivity contribution in [2.45, 2.75) is 25.4 Å². The third-order valence-corrected chi connectivity index (χ3v) is 5.05. The van der Waals surface area contributed by atoms with Gasteiger partial charge in [-0.05, 0) is 55.8 Å². The Bertz CT molecular complexity index is 1010. The van der Waals surface area contributed by atoms with Gasteiger partial charge < -0.3 is 20.1 Å². The monoisotopic (exact) mass is 399 g/mol. The number of benzene rings is 2. The molecule has 2 heterocycles. The molecule has 0 aromatic heterocycles. The van der Waals surface area contributed by atoms with Gasteiger partial charge in [0, 0.05) is 5.69 Å². The Kier molecular flexibility index (Phi) is 4.37. The topological polar surface area (TPSA) is 97.0 Å². The van der Waals surface area contributed by atoms with E-state index in [4.69, 9.17) is 9.47 Å². The number of amides is 4. The Morgan fingerprint density at radius 1 is 1.17 bits per heavy atom. The van der Waals surface area contributed by atoms with Crippen LogP contribution in [0.4, 0.5) is 14.9 Å². The summed E-state index contributed by atoms with van der Waals surface area (Å²) in [5.41, 5.74) is -0.495. The summed E-state index contributed by atoms with van der Waals surface area (Å²) in [6, 6.07) is 8.38. The molecule has 0 unspecified atom stereocenters.